The van der Waals surface area contributed by atoms with E-state index in [4.69, 9.17) is 0 Å². The van der Waals surface area contributed by atoms with Crippen molar-refractivity contribution >= 4 is 5.57 Å². The Bertz CT molecular complexity index is 1310. The van der Waals surface area contributed by atoms with Crippen LogP contribution in [0.15, 0.2) is 54.6 Å². The number of allylic oxidation sites excluding steroid dienone is 2. The highest BCUT2D eigenvalue weighted by Gasteiger charge is 2.29. The summed E-state index contributed by atoms with van der Waals surface area (Å²) < 4.78 is 58.9. The minimum atomic E-state index is -0.911. The molecule has 5 rings (SSSR count). The lowest BCUT2D eigenvalue weighted by Crippen LogP contribution is -2.23. The van der Waals surface area contributed by atoms with E-state index in [2.05, 4.69) is 13.0 Å². The third-order valence-electron chi connectivity index (χ3n) is 8.92. The molecule has 0 saturated heterocycles. The summed E-state index contributed by atoms with van der Waals surface area (Å²) in [5, 5.41) is 0. The molecule has 0 aliphatic heterocycles. The van der Waals surface area contributed by atoms with Crippen LogP contribution in [-0.4, -0.2) is 0 Å². The maximum Gasteiger partial charge on any atom is 0.167 e. The third kappa shape index (κ3) is 5.32. The number of benzene rings is 3. The molecule has 2 aliphatic carbocycles. The van der Waals surface area contributed by atoms with Gasteiger partial charge in [-0.3, -0.25) is 0 Å². The summed E-state index contributed by atoms with van der Waals surface area (Å²) in [7, 11) is 0. The minimum Gasteiger partial charge on any atom is -0.203 e. The molecule has 4 heteroatoms. The first-order valence-corrected chi connectivity index (χ1v) is 14.1. The predicted molar refractivity (Wildman–Crippen MR) is 148 cm³/mol. The zero-order valence-corrected chi connectivity index (χ0v) is 22.3. The fourth-order valence-electron chi connectivity index (χ4n) is 6.60. The molecule has 0 aromatic heterocycles. The van der Waals surface area contributed by atoms with Gasteiger partial charge in [-0.15, -0.1) is 0 Å². The molecular formula is C34H36F4. The molecule has 0 heterocycles. The minimum absolute atomic E-state index is 0.137. The molecule has 0 N–H and O–H groups in total. The fourth-order valence-corrected chi connectivity index (χ4v) is 6.60. The van der Waals surface area contributed by atoms with Crippen LogP contribution >= 0.6 is 0 Å². The van der Waals surface area contributed by atoms with Crippen molar-refractivity contribution in [1.82, 2.24) is 0 Å². The highest BCUT2D eigenvalue weighted by molar-refractivity contribution is 5.74. The third-order valence-corrected chi connectivity index (χ3v) is 8.92. The maximum absolute atomic E-state index is 15.3. The van der Waals surface area contributed by atoms with Crippen LogP contribution in [0.25, 0.3) is 27.8 Å². The Labute approximate surface area is 223 Å². The van der Waals surface area contributed by atoms with Gasteiger partial charge in [0.1, 0.15) is 0 Å². The summed E-state index contributed by atoms with van der Waals surface area (Å²) in [6, 6.07) is 12.8. The van der Waals surface area contributed by atoms with Crippen molar-refractivity contribution in [1.29, 1.82) is 0 Å². The van der Waals surface area contributed by atoms with Crippen LogP contribution in [0.3, 0.4) is 0 Å². The summed E-state index contributed by atoms with van der Waals surface area (Å²) >= 11 is 0. The van der Waals surface area contributed by atoms with Gasteiger partial charge in [0.25, 0.3) is 0 Å². The Balaban J connectivity index is 1.30. The molecule has 200 valence electrons. The van der Waals surface area contributed by atoms with Gasteiger partial charge in [-0.25, -0.2) is 17.6 Å². The molecule has 2 aliphatic rings. The van der Waals surface area contributed by atoms with E-state index >= 15 is 8.78 Å². The molecule has 0 bridgehead atoms. The topological polar surface area (TPSA) is 0 Å². The van der Waals surface area contributed by atoms with Crippen LogP contribution in [-0.2, 0) is 0 Å². The van der Waals surface area contributed by atoms with Crippen molar-refractivity contribution in [2.45, 2.75) is 71.6 Å². The Hall–Kier alpha value is -2.88. The van der Waals surface area contributed by atoms with Crippen molar-refractivity contribution in [3.8, 4) is 22.3 Å². The quantitative estimate of drug-likeness (QED) is 0.284. The zero-order chi connectivity index (χ0) is 26.8. The van der Waals surface area contributed by atoms with Gasteiger partial charge in [0.15, 0.2) is 23.3 Å². The summed E-state index contributed by atoms with van der Waals surface area (Å²) in [5.41, 5.74) is 2.74. The first kappa shape index (κ1) is 26.7. The van der Waals surface area contributed by atoms with Gasteiger partial charge in [-0.2, -0.15) is 0 Å². The first-order valence-electron chi connectivity index (χ1n) is 14.1. The Morgan fingerprint density at radius 3 is 1.76 bits per heavy atom. The molecule has 0 nitrogen and oxygen atoms in total. The maximum atomic E-state index is 15.3. The largest absolute Gasteiger partial charge is 0.203 e. The molecule has 1 saturated carbocycles. The van der Waals surface area contributed by atoms with Crippen LogP contribution in [0.2, 0.25) is 0 Å². The monoisotopic (exact) mass is 520 g/mol. The SMILES string of the molecule is CCCC1CCC(C2CC=C(c3ccc(-c4ccc(-c5ccc(C)c(F)c5F)cc4)c(F)c3F)CC2)CC1. The van der Waals surface area contributed by atoms with Gasteiger partial charge in [-0.1, -0.05) is 87.2 Å². The van der Waals surface area contributed by atoms with Crippen LogP contribution in [0.5, 0.6) is 0 Å². The molecule has 38 heavy (non-hydrogen) atoms. The number of halogens is 4. The zero-order valence-electron chi connectivity index (χ0n) is 22.3. The lowest BCUT2D eigenvalue weighted by Gasteiger charge is -2.35. The van der Waals surface area contributed by atoms with Crippen molar-refractivity contribution in [3.05, 3.63) is 89.0 Å². The van der Waals surface area contributed by atoms with Crippen molar-refractivity contribution < 1.29 is 17.6 Å². The predicted octanol–water partition coefficient (Wildman–Crippen LogP) is 10.7. The molecule has 0 spiro atoms. The molecule has 3 aromatic rings. The molecule has 3 aromatic carbocycles. The summed E-state index contributed by atoms with van der Waals surface area (Å²) in [6.45, 7) is 3.77. The Morgan fingerprint density at radius 1 is 0.632 bits per heavy atom. The van der Waals surface area contributed by atoms with Crippen molar-refractivity contribution in [3.63, 3.8) is 0 Å². The fraction of sp³-hybridized carbons (Fsp3) is 0.412. The van der Waals surface area contributed by atoms with Crippen LogP contribution < -0.4 is 0 Å². The van der Waals surface area contributed by atoms with Gasteiger partial charge in [-0.05, 0) is 79.0 Å². The molecule has 1 unspecified atom stereocenters. The summed E-state index contributed by atoms with van der Waals surface area (Å²) in [6.07, 6.45) is 12.8. The van der Waals surface area contributed by atoms with Gasteiger partial charge in [0, 0.05) is 16.7 Å². The second kappa shape index (κ2) is 11.5. The van der Waals surface area contributed by atoms with Crippen LogP contribution in [0.1, 0.15) is 75.8 Å². The normalized spacial score (nSPS) is 21.8. The van der Waals surface area contributed by atoms with Crippen molar-refractivity contribution in [2.75, 3.05) is 0 Å². The lowest BCUT2D eigenvalue weighted by atomic mass is 9.70. The van der Waals surface area contributed by atoms with E-state index in [0.29, 0.717) is 22.6 Å². The number of aryl methyl sites for hydroxylation is 1. The van der Waals surface area contributed by atoms with E-state index in [1.54, 1.807) is 36.4 Å². The van der Waals surface area contributed by atoms with E-state index in [0.717, 1.165) is 36.7 Å². The standard InChI is InChI=1S/C34H36F4/c1-3-4-22-6-8-23(9-7-22)24-10-12-25(13-11-24)29-19-20-30(34(38)33(29)37)27-16-14-26(15-17-27)28-18-5-21(2)31(35)32(28)36/h5,12,14-20,22-24H,3-4,6-11,13H2,1-2H3. The second-order valence-corrected chi connectivity index (χ2v) is 11.3. The highest BCUT2D eigenvalue weighted by atomic mass is 19.2. The second-order valence-electron chi connectivity index (χ2n) is 11.3. The number of hydrogen-bond acceptors (Lipinski definition) is 0. The highest BCUT2D eigenvalue weighted by Crippen LogP contribution is 2.43. The van der Waals surface area contributed by atoms with Crippen LogP contribution in [0.4, 0.5) is 17.6 Å². The number of rotatable bonds is 6. The van der Waals surface area contributed by atoms with Gasteiger partial charge in [0.05, 0.1) is 0 Å². The summed E-state index contributed by atoms with van der Waals surface area (Å²) in [4.78, 5) is 0. The van der Waals surface area contributed by atoms with Gasteiger partial charge >= 0.3 is 0 Å². The molecule has 1 atom stereocenters. The van der Waals surface area contributed by atoms with E-state index in [9.17, 15) is 8.78 Å². The Morgan fingerprint density at radius 2 is 1.18 bits per heavy atom. The first-order chi connectivity index (χ1) is 18.4. The Kier molecular flexibility index (Phi) is 8.07. The lowest BCUT2D eigenvalue weighted by molar-refractivity contribution is 0.189. The smallest absolute Gasteiger partial charge is 0.167 e. The molecule has 0 radical (unpaired) electrons. The van der Waals surface area contributed by atoms with Crippen LogP contribution in [0, 0.1) is 47.9 Å². The average molecular weight is 521 g/mol. The molecular weight excluding hydrogens is 484 g/mol. The molecule has 0 amide bonds. The van der Waals surface area contributed by atoms with Gasteiger partial charge < -0.3 is 0 Å². The van der Waals surface area contributed by atoms with E-state index in [1.165, 1.54) is 57.6 Å². The summed E-state index contributed by atoms with van der Waals surface area (Å²) in [5.74, 6) is -1.17. The average Bonchev–Trinajstić information content (AvgIpc) is 2.94. The van der Waals surface area contributed by atoms with E-state index < -0.39 is 23.3 Å². The van der Waals surface area contributed by atoms with E-state index in [-0.39, 0.29) is 16.7 Å². The van der Waals surface area contributed by atoms with Crippen molar-refractivity contribution in [2.24, 2.45) is 17.8 Å². The molecule has 1 fully saturated rings. The van der Waals surface area contributed by atoms with E-state index in [1.807, 2.05) is 0 Å². The number of hydrogen-bond donors (Lipinski definition) is 0. The van der Waals surface area contributed by atoms with Gasteiger partial charge in [0.2, 0.25) is 0 Å².